The van der Waals surface area contributed by atoms with Crippen LogP contribution in [0.2, 0.25) is 0 Å². The van der Waals surface area contributed by atoms with E-state index in [-0.39, 0.29) is 11.9 Å². The van der Waals surface area contributed by atoms with E-state index in [0.29, 0.717) is 38.8 Å². The Hall–Kier alpha value is -1.34. The largest absolute Gasteiger partial charge is 0.469 e. The molecule has 1 aliphatic heterocycles. The van der Waals surface area contributed by atoms with Gasteiger partial charge in [-0.2, -0.15) is 0 Å². The molecule has 6 nitrogen and oxygen atoms in total. The molecule has 112 valence electrons. The second-order valence-corrected chi connectivity index (χ2v) is 7.07. The van der Waals surface area contributed by atoms with Crippen molar-refractivity contribution in [2.24, 2.45) is 0 Å². The van der Waals surface area contributed by atoms with Gasteiger partial charge in [-0.05, 0) is 25.0 Å². The number of hydrogen-bond acceptors (Lipinski definition) is 4. The lowest BCUT2D eigenvalue weighted by molar-refractivity contribution is -0.122. The van der Waals surface area contributed by atoms with Crippen LogP contribution in [0.25, 0.3) is 0 Å². The Bertz CT molecular complexity index is 531. The first-order valence-corrected chi connectivity index (χ1v) is 8.57. The third kappa shape index (κ3) is 4.35. The summed E-state index contributed by atoms with van der Waals surface area (Å²) in [4.78, 5) is 11.8. The minimum Gasteiger partial charge on any atom is -0.469 e. The molecule has 0 unspecified atom stereocenters. The number of piperidine rings is 1. The topological polar surface area (TPSA) is 79.6 Å². The Morgan fingerprint density at radius 2 is 2.15 bits per heavy atom. The van der Waals surface area contributed by atoms with Gasteiger partial charge in [0, 0.05) is 32.0 Å². The monoisotopic (exact) mass is 300 g/mol. The molecule has 1 aliphatic rings. The van der Waals surface area contributed by atoms with E-state index in [0.717, 1.165) is 5.76 Å². The van der Waals surface area contributed by atoms with Crippen molar-refractivity contribution in [1.82, 2.24) is 9.62 Å². The minimum absolute atomic E-state index is 0.0146. The number of nitrogens with zero attached hydrogens (tertiary/aromatic N) is 1. The third-order valence-corrected chi connectivity index (χ3v) is 4.77. The molecule has 2 rings (SSSR count). The van der Waals surface area contributed by atoms with E-state index in [1.165, 1.54) is 10.6 Å². The molecule has 0 aliphatic carbocycles. The number of carbonyl (C=O) groups excluding carboxylic acids is 1. The second-order valence-electron chi connectivity index (χ2n) is 5.08. The van der Waals surface area contributed by atoms with E-state index >= 15 is 0 Å². The molecule has 1 amide bonds. The van der Waals surface area contributed by atoms with Crippen LogP contribution in [0.1, 0.15) is 25.0 Å². The average molecular weight is 300 g/mol. The molecule has 0 saturated carbocycles. The molecular weight excluding hydrogens is 280 g/mol. The summed E-state index contributed by atoms with van der Waals surface area (Å²) in [5.74, 6) is 0.784. The van der Waals surface area contributed by atoms with Gasteiger partial charge in [0.25, 0.3) is 0 Å². The van der Waals surface area contributed by atoms with Gasteiger partial charge >= 0.3 is 0 Å². The van der Waals surface area contributed by atoms with E-state index < -0.39 is 10.0 Å². The van der Waals surface area contributed by atoms with Crippen LogP contribution in [-0.2, 0) is 21.2 Å². The number of furan rings is 1. The first-order chi connectivity index (χ1) is 9.45. The molecule has 1 aromatic heterocycles. The summed E-state index contributed by atoms with van der Waals surface area (Å²) in [5, 5.41) is 2.95. The average Bonchev–Trinajstić information content (AvgIpc) is 2.89. The molecule has 0 bridgehead atoms. The molecule has 2 heterocycles. The molecular formula is C13H20N2O4S. The maximum atomic E-state index is 11.8. The van der Waals surface area contributed by atoms with Crippen LogP contribution in [0, 0.1) is 0 Å². The minimum atomic E-state index is -3.11. The van der Waals surface area contributed by atoms with Gasteiger partial charge in [-0.15, -0.1) is 0 Å². The summed E-state index contributed by atoms with van der Waals surface area (Å²) in [6, 6.07) is 3.71. The predicted octanol–water partition coefficient (Wildman–Crippen LogP) is 0.752. The van der Waals surface area contributed by atoms with Crippen LogP contribution in [-0.4, -0.2) is 44.0 Å². The van der Waals surface area contributed by atoms with Crippen molar-refractivity contribution >= 4 is 15.9 Å². The fourth-order valence-electron chi connectivity index (χ4n) is 2.32. The Kier molecular flexibility index (Phi) is 4.82. The van der Waals surface area contributed by atoms with Crippen LogP contribution in [0.5, 0.6) is 0 Å². The van der Waals surface area contributed by atoms with Gasteiger partial charge < -0.3 is 9.73 Å². The Morgan fingerprint density at radius 3 is 2.70 bits per heavy atom. The standard InChI is InChI=1S/C13H20N2O4S/c1-20(17,18)15-8-6-11(7-9-15)14-13(16)5-4-12-3-2-10-19-12/h2-3,10-11H,4-9H2,1H3,(H,14,16). The van der Waals surface area contributed by atoms with E-state index in [4.69, 9.17) is 4.42 Å². The van der Waals surface area contributed by atoms with Crippen LogP contribution in [0.4, 0.5) is 0 Å². The van der Waals surface area contributed by atoms with E-state index in [1.54, 1.807) is 12.3 Å². The van der Waals surface area contributed by atoms with Crippen molar-refractivity contribution in [2.75, 3.05) is 19.3 Å². The lowest BCUT2D eigenvalue weighted by Crippen LogP contribution is -2.46. The fraction of sp³-hybridized carbons (Fsp3) is 0.615. The van der Waals surface area contributed by atoms with Gasteiger partial charge in [-0.25, -0.2) is 12.7 Å². The lowest BCUT2D eigenvalue weighted by atomic mass is 10.1. The number of sulfonamides is 1. The highest BCUT2D eigenvalue weighted by Gasteiger charge is 2.25. The van der Waals surface area contributed by atoms with Crippen molar-refractivity contribution in [2.45, 2.75) is 31.7 Å². The number of aryl methyl sites for hydroxylation is 1. The van der Waals surface area contributed by atoms with Crippen LogP contribution >= 0.6 is 0 Å². The number of rotatable bonds is 5. The summed E-state index contributed by atoms with van der Waals surface area (Å²) >= 11 is 0. The molecule has 7 heteroatoms. The highest BCUT2D eigenvalue weighted by Crippen LogP contribution is 2.13. The van der Waals surface area contributed by atoms with E-state index in [1.807, 2.05) is 6.07 Å². The third-order valence-electron chi connectivity index (χ3n) is 3.47. The number of nitrogens with one attached hydrogen (secondary N) is 1. The van der Waals surface area contributed by atoms with Crippen molar-refractivity contribution in [3.63, 3.8) is 0 Å². The van der Waals surface area contributed by atoms with E-state index in [9.17, 15) is 13.2 Å². The number of amides is 1. The quantitative estimate of drug-likeness (QED) is 0.870. The number of hydrogen-bond donors (Lipinski definition) is 1. The SMILES string of the molecule is CS(=O)(=O)N1CCC(NC(=O)CCc2ccco2)CC1. The first-order valence-electron chi connectivity index (χ1n) is 6.72. The van der Waals surface area contributed by atoms with Crippen molar-refractivity contribution < 1.29 is 17.6 Å². The summed E-state index contributed by atoms with van der Waals surface area (Å²) in [5.41, 5.74) is 0. The van der Waals surface area contributed by atoms with Crippen LogP contribution in [0.3, 0.4) is 0 Å². The van der Waals surface area contributed by atoms with Crippen LogP contribution < -0.4 is 5.32 Å². The van der Waals surface area contributed by atoms with Gasteiger partial charge in [0.05, 0.1) is 12.5 Å². The highest BCUT2D eigenvalue weighted by molar-refractivity contribution is 7.88. The van der Waals surface area contributed by atoms with Gasteiger partial charge in [0.2, 0.25) is 15.9 Å². The zero-order valence-electron chi connectivity index (χ0n) is 11.5. The maximum Gasteiger partial charge on any atom is 0.220 e. The van der Waals surface area contributed by atoms with Gasteiger partial charge in [0.15, 0.2) is 0 Å². The molecule has 20 heavy (non-hydrogen) atoms. The van der Waals surface area contributed by atoms with Crippen molar-refractivity contribution in [3.8, 4) is 0 Å². The zero-order valence-corrected chi connectivity index (χ0v) is 12.4. The fourth-order valence-corrected chi connectivity index (χ4v) is 3.20. The molecule has 0 aromatic carbocycles. The van der Waals surface area contributed by atoms with E-state index in [2.05, 4.69) is 5.32 Å². The smallest absolute Gasteiger partial charge is 0.220 e. The molecule has 1 N–H and O–H groups in total. The number of carbonyl (C=O) groups is 1. The summed E-state index contributed by atoms with van der Waals surface area (Å²) in [7, 11) is -3.11. The Labute approximate surface area is 119 Å². The first kappa shape index (κ1) is 15.1. The summed E-state index contributed by atoms with van der Waals surface area (Å²) in [6.07, 6.45) is 5.11. The molecule has 1 saturated heterocycles. The summed E-state index contributed by atoms with van der Waals surface area (Å²) in [6.45, 7) is 0.948. The molecule has 1 fully saturated rings. The van der Waals surface area contributed by atoms with Crippen molar-refractivity contribution in [3.05, 3.63) is 24.2 Å². The summed E-state index contributed by atoms with van der Waals surface area (Å²) < 4.78 is 29.4. The highest BCUT2D eigenvalue weighted by atomic mass is 32.2. The lowest BCUT2D eigenvalue weighted by Gasteiger charge is -2.30. The maximum absolute atomic E-state index is 11.8. The molecule has 0 spiro atoms. The molecule has 1 aromatic rings. The zero-order chi connectivity index (χ0) is 14.6. The van der Waals surface area contributed by atoms with Gasteiger partial charge in [0.1, 0.15) is 5.76 Å². The van der Waals surface area contributed by atoms with Crippen LogP contribution in [0.15, 0.2) is 22.8 Å². The normalized spacial score (nSPS) is 18.1. The molecule has 0 radical (unpaired) electrons. The Morgan fingerprint density at radius 1 is 1.45 bits per heavy atom. The molecule has 0 atom stereocenters. The van der Waals surface area contributed by atoms with Crippen molar-refractivity contribution in [1.29, 1.82) is 0 Å². The van der Waals surface area contributed by atoms with Gasteiger partial charge in [-0.3, -0.25) is 4.79 Å². The second kappa shape index (κ2) is 6.41. The predicted molar refractivity (Wildman–Crippen MR) is 74.6 cm³/mol. The van der Waals surface area contributed by atoms with Gasteiger partial charge in [-0.1, -0.05) is 0 Å². The Balaban J connectivity index is 1.71.